The fourth-order valence-corrected chi connectivity index (χ4v) is 0.868. The minimum absolute atomic E-state index is 0.299. The van der Waals surface area contributed by atoms with Crippen molar-refractivity contribution in [2.75, 3.05) is 13.1 Å². The molecule has 3 heteroatoms. The molecule has 0 spiro atoms. The number of rotatable bonds is 0. The molecule has 1 rings (SSSR count). The molecule has 48 valence electrons. The second kappa shape index (κ2) is 2.42. The van der Waals surface area contributed by atoms with E-state index >= 15 is 0 Å². The second-order valence-electron chi connectivity index (χ2n) is 2.15. The summed E-state index contributed by atoms with van der Waals surface area (Å²) in [5.41, 5.74) is 0. The van der Waals surface area contributed by atoms with Crippen LogP contribution in [0.25, 0.3) is 0 Å². The van der Waals surface area contributed by atoms with Crippen LogP contribution in [0.2, 0.25) is 0 Å². The Balaban J connectivity index is 2.23. The van der Waals surface area contributed by atoms with Gasteiger partial charge in [0.25, 0.3) is 0 Å². The van der Waals surface area contributed by atoms with Crippen LogP contribution in [0.3, 0.4) is 0 Å². The van der Waals surface area contributed by atoms with E-state index in [0.717, 1.165) is 0 Å². The molecule has 2 atom stereocenters. The summed E-state index contributed by atoms with van der Waals surface area (Å²) in [6.07, 6.45) is -1.02. The van der Waals surface area contributed by atoms with Gasteiger partial charge in [0.15, 0.2) is 0 Å². The predicted octanol–water partition coefficient (Wildman–Crippen LogP) is -0.321. The number of aliphatic hydroxyl groups is 1. The van der Waals surface area contributed by atoms with Gasteiger partial charge in [-0.2, -0.15) is 0 Å². The highest BCUT2D eigenvalue weighted by Gasteiger charge is 2.17. The fraction of sp³-hybridized carbons (Fsp3) is 1.00. The van der Waals surface area contributed by atoms with E-state index in [9.17, 15) is 4.39 Å². The molecule has 2 N–H and O–H groups in total. The van der Waals surface area contributed by atoms with Gasteiger partial charge in [-0.15, -0.1) is 0 Å². The molecule has 2 nitrogen and oxygen atoms in total. The monoisotopic (exact) mass is 119 g/mol. The lowest BCUT2D eigenvalue weighted by Crippen LogP contribution is -2.40. The van der Waals surface area contributed by atoms with Gasteiger partial charge in [0.1, 0.15) is 6.17 Å². The van der Waals surface area contributed by atoms with Crippen LogP contribution in [0.1, 0.15) is 6.42 Å². The maximum Gasteiger partial charge on any atom is 0.115 e. The van der Waals surface area contributed by atoms with Crippen LogP contribution in [-0.2, 0) is 0 Å². The SMILES string of the molecule is O[C@@H]1CNC[C@H](F)C1. The smallest absolute Gasteiger partial charge is 0.115 e. The number of nitrogens with one attached hydrogen (secondary N) is 1. The van der Waals surface area contributed by atoms with Crippen LogP contribution in [0.4, 0.5) is 4.39 Å². The largest absolute Gasteiger partial charge is 0.392 e. The zero-order chi connectivity index (χ0) is 5.98. The van der Waals surface area contributed by atoms with E-state index in [1.807, 2.05) is 0 Å². The lowest BCUT2D eigenvalue weighted by atomic mass is 10.1. The summed E-state index contributed by atoms with van der Waals surface area (Å²) in [4.78, 5) is 0. The molecular formula is C5H10FNO. The normalized spacial score (nSPS) is 39.8. The first-order valence-electron chi connectivity index (χ1n) is 2.82. The molecule has 0 aromatic carbocycles. The summed E-state index contributed by atoms with van der Waals surface area (Å²) in [5.74, 6) is 0. The standard InChI is InChI=1S/C5H10FNO/c6-4-1-5(8)3-7-2-4/h4-5,7-8H,1-3H2/t4-,5+/m1/s1. The van der Waals surface area contributed by atoms with Crippen LogP contribution in [0, 0.1) is 0 Å². The molecule has 1 fully saturated rings. The van der Waals surface area contributed by atoms with Crippen molar-refractivity contribution in [2.45, 2.75) is 18.7 Å². The maximum absolute atomic E-state index is 12.2. The summed E-state index contributed by atoms with van der Waals surface area (Å²) in [5, 5.41) is 11.5. The second-order valence-corrected chi connectivity index (χ2v) is 2.15. The van der Waals surface area contributed by atoms with E-state index in [0.29, 0.717) is 19.5 Å². The molecule has 1 heterocycles. The van der Waals surface area contributed by atoms with Crippen molar-refractivity contribution in [3.63, 3.8) is 0 Å². The highest BCUT2D eigenvalue weighted by molar-refractivity contribution is 4.73. The van der Waals surface area contributed by atoms with E-state index in [2.05, 4.69) is 5.32 Å². The molecule has 0 aromatic heterocycles. The molecule has 1 aliphatic heterocycles. The molecule has 1 aliphatic rings. The molecule has 0 saturated carbocycles. The number of hydrogen-bond donors (Lipinski definition) is 2. The van der Waals surface area contributed by atoms with Gasteiger partial charge >= 0.3 is 0 Å². The van der Waals surface area contributed by atoms with Gasteiger partial charge in [0, 0.05) is 19.5 Å². The van der Waals surface area contributed by atoms with Gasteiger partial charge in [-0.05, 0) is 0 Å². The number of aliphatic hydroxyl groups excluding tert-OH is 1. The quantitative estimate of drug-likeness (QED) is 0.458. The summed E-state index contributed by atoms with van der Waals surface area (Å²) in [6.45, 7) is 0.942. The molecule has 8 heavy (non-hydrogen) atoms. The maximum atomic E-state index is 12.2. The van der Waals surface area contributed by atoms with Crippen molar-refractivity contribution in [2.24, 2.45) is 0 Å². The van der Waals surface area contributed by atoms with E-state index < -0.39 is 12.3 Å². The van der Waals surface area contributed by atoms with Crippen molar-refractivity contribution < 1.29 is 9.50 Å². The first kappa shape index (κ1) is 5.98. The highest BCUT2D eigenvalue weighted by Crippen LogP contribution is 2.04. The highest BCUT2D eigenvalue weighted by atomic mass is 19.1. The third-order valence-electron chi connectivity index (χ3n) is 1.27. The zero-order valence-electron chi connectivity index (χ0n) is 4.60. The third-order valence-corrected chi connectivity index (χ3v) is 1.27. The summed E-state index contributed by atoms with van der Waals surface area (Å²) in [6, 6.07) is 0. The molecular weight excluding hydrogens is 109 g/mol. The Morgan fingerprint density at radius 2 is 2.25 bits per heavy atom. The zero-order valence-corrected chi connectivity index (χ0v) is 4.60. The van der Waals surface area contributed by atoms with Crippen molar-refractivity contribution in [3.8, 4) is 0 Å². The first-order chi connectivity index (χ1) is 3.79. The number of alkyl halides is 1. The third kappa shape index (κ3) is 1.42. The molecule has 0 amide bonds. The number of hydrogen-bond acceptors (Lipinski definition) is 2. The van der Waals surface area contributed by atoms with Crippen molar-refractivity contribution in [1.29, 1.82) is 0 Å². The molecule has 0 aliphatic carbocycles. The molecule has 1 saturated heterocycles. The van der Waals surface area contributed by atoms with Gasteiger partial charge in [-0.25, -0.2) is 4.39 Å². The van der Waals surface area contributed by atoms with Crippen molar-refractivity contribution in [1.82, 2.24) is 5.32 Å². The lowest BCUT2D eigenvalue weighted by Gasteiger charge is -2.20. The predicted molar refractivity (Wildman–Crippen MR) is 28.4 cm³/mol. The van der Waals surface area contributed by atoms with Crippen LogP contribution >= 0.6 is 0 Å². The molecule has 0 radical (unpaired) electrons. The summed E-state index contributed by atoms with van der Waals surface area (Å²) in [7, 11) is 0. The minimum atomic E-state index is -0.848. The fourth-order valence-electron chi connectivity index (χ4n) is 0.868. The van der Waals surface area contributed by atoms with Crippen molar-refractivity contribution in [3.05, 3.63) is 0 Å². The van der Waals surface area contributed by atoms with Crippen LogP contribution < -0.4 is 5.32 Å². The average molecular weight is 119 g/mol. The van der Waals surface area contributed by atoms with Crippen molar-refractivity contribution >= 4 is 0 Å². The average Bonchev–Trinajstić information content (AvgIpc) is 1.64. The molecule has 0 bridgehead atoms. The Labute approximate surface area is 47.7 Å². The Bertz CT molecular complexity index is 70.8. The number of β-amino-alcohol motifs (C(OH)–C–C–N with tert-alkyl or cyclic N) is 1. The summed E-state index contributed by atoms with van der Waals surface area (Å²) < 4.78 is 12.2. The van der Waals surface area contributed by atoms with E-state index in [-0.39, 0.29) is 0 Å². The molecule has 0 aromatic rings. The van der Waals surface area contributed by atoms with Gasteiger partial charge in [-0.1, -0.05) is 0 Å². The Hall–Kier alpha value is -0.150. The minimum Gasteiger partial charge on any atom is -0.392 e. The van der Waals surface area contributed by atoms with E-state index in [1.54, 1.807) is 0 Å². The van der Waals surface area contributed by atoms with E-state index in [4.69, 9.17) is 5.11 Å². The Morgan fingerprint density at radius 3 is 2.62 bits per heavy atom. The Morgan fingerprint density at radius 1 is 1.50 bits per heavy atom. The van der Waals surface area contributed by atoms with Gasteiger partial charge in [-0.3, -0.25) is 0 Å². The van der Waals surface area contributed by atoms with E-state index in [1.165, 1.54) is 0 Å². The van der Waals surface area contributed by atoms with Gasteiger partial charge in [0.2, 0.25) is 0 Å². The van der Waals surface area contributed by atoms with Gasteiger partial charge < -0.3 is 10.4 Å². The number of halogens is 1. The summed E-state index contributed by atoms with van der Waals surface area (Å²) >= 11 is 0. The van der Waals surface area contributed by atoms with Crippen LogP contribution in [0.15, 0.2) is 0 Å². The number of piperidine rings is 1. The van der Waals surface area contributed by atoms with Crippen LogP contribution in [0.5, 0.6) is 0 Å². The van der Waals surface area contributed by atoms with Gasteiger partial charge in [0.05, 0.1) is 6.10 Å². The lowest BCUT2D eigenvalue weighted by molar-refractivity contribution is 0.0967. The topological polar surface area (TPSA) is 32.3 Å². The van der Waals surface area contributed by atoms with Crippen LogP contribution in [-0.4, -0.2) is 30.5 Å². The molecule has 0 unspecified atom stereocenters. The first-order valence-corrected chi connectivity index (χ1v) is 2.82. The Kier molecular flexibility index (Phi) is 1.81.